The van der Waals surface area contributed by atoms with E-state index < -0.39 is 12.1 Å². The van der Waals surface area contributed by atoms with Crippen LogP contribution in [0.3, 0.4) is 0 Å². The fraction of sp³-hybridized carbons (Fsp3) is 0.190. The fourth-order valence-corrected chi connectivity index (χ4v) is 3.98. The predicted molar refractivity (Wildman–Crippen MR) is 116 cm³/mol. The van der Waals surface area contributed by atoms with E-state index in [2.05, 4.69) is 0 Å². The summed E-state index contributed by atoms with van der Waals surface area (Å²) in [5.74, 6) is -0.683. The number of benzene rings is 2. The van der Waals surface area contributed by atoms with Crippen LogP contribution >= 0.6 is 24.0 Å². The van der Waals surface area contributed by atoms with Crippen LogP contribution < -0.4 is 4.74 Å². The summed E-state index contributed by atoms with van der Waals surface area (Å²) in [6.07, 6.45) is 1.27. The van der Waals surface area contributed by atoms with Crippen molar-refractivity contribution in [2.75, 3.05) is 6.54 Å². The molecule has 1 atom stereocenters. The number of ether oxygens (including phenoxy) is 1. The first-order chi connectivity index (χ1) is 13.8. The summed E-state index contributed by atoms with van der Waals surface area (Å²) in [4.78, 5) is 25.9. The second kappa shape index (κ2) is 9.11. The van der Waals surface area contributed by atoms with Crippen molar-refractivity contribution in [2.24, 2.45) is 0 Å². The molecular formula is C21H19NO5S2. The second-order valence-corrected chi connectivity index (χ2v) is 8.06. The van der Waals surface area contributed by atoms with Gasteiger partial charge in [0.2, 0.25) is 0 Å². The van der Waals surface area contributed by atoms with E-state index in [4.69, 9.17) is 22.1 Å². The van der Waals surface area contributed by atoms with Crippen molar-refractivity contribution in [3.05, 3.63) is 64.6 Å². The number of nitrogens with zero attached hydrogens (tertiary/aromatic N) is 1. The zero-order valence-electron chi connectivity index (χ0n) is 15.6. The van der Waals surface area contributed by atoms with E-state index in [-0.39, 0.29) is 11.7 Å². The van der Waals surface area contributed by atoms with Crippen LogP contribution in [0.2, 0.25) is 0 Å². The molecule has 150 valence electrons. The number of para-hydroxylation sites is 1. The number of phenolic OH excluding ortho intramolecular Hbond substituents is 1. The van der Waals surface area contributed by atoms with Crippen LogP contribution in [0.15, 0.2) is 53.4 Å². The van der Waals surface area contributed by atoms with Crippen molar-refractivity contribution < 1.29 is 24.5 Å². The second-order valence-electron chi connectivity index (χ2n) is 6.39. The molecule has 6 nitrogen and oxygen atoms in total. The van der Waals surface area contributed by atoms with Crippen LogP contribution in [0.1, 0.15) is 18.1 Å². The molecule has 1 aliphatic heterocycles. The molecule has 1 amide bonds. The van der Waals surface area contributed by atoms with Crippen molar-refractivity contribution in [3.8, 4) is 11.5 Å². The Hall–Kier alpha value is -2.84. The van der Waals surface area contributed by atoms with E-state index in [1.165, 1.54) is 18.7 Å². The monoisotopic (exact) mass is 429 g/mol. The molecule has 0 bridgehead atoms. The minimum absolute atomic E-state index is 0.195. The number of carbonyl (C=O) groups excluding carboxylic acids is 1. The number of amides is 1. The van der Waals surface area contributed by atoms with Gasteiger partial charge in [0.1, 0.15) is 15.8 Å². The van der Waals surface area contributed by atoms with Crippen LogP contribution in [0, 0.1) is 0 Å². The minimum Gasteiger partial charge on any atom is -0.508 e. The number of hydrogen-bond acceptors (Lipinski definition) is 6. The van der Waals surface area contributed by atoms with Gasteiger partial charge in [-0.15, -0.1) is 0 Å². The first-order valence-corrected chi connectivity index (χ1v) is 10.1. The largest absolute Gasteiger partial charge is 0.508 e. The molecule has 0 saturated carbocycles. The lowest BCUT2D eigenvalue weighted by Crippen LogP contribution is -2.30. The zero-order valence-corrected chi connectivity index (χ0v) is 17.2. The average Bonchev–Trinajstić information content (AvgIpc) is 2.95. The van der Waals surface area contributed by atoms with Crippen LogP contribution in [0.4, 0.5) is 0 Å². The molecule has 0 radical (unpaired) electrons. The van der Waals surface area contributed by atoms with Crippen molar-refractivity contribution in [1.29, 1.82) is 0 Å². The molecule has 0 spiro atoms. The molecule has 1 unspecified atom stereocenters. The molecule has 2 aromatic carbocycles. The normalized spacial score (nSPS) is 16.3. The topological polar surface area (TPSA) is 87.1 Å². The number of carboxylic acid groups (broad SMARTS) is 1. The Morgan fingerprint density at radius 1 is 1.24 bits per heavy atom. The van der Waals surface area contributed by atoms with Crippen molar-refractivity contribution in [1.82, 2.24) is 4.90 Å². The first kappa shape index (κ1) is 20.9. The molecule has 0 aliphatic carbocycles. The highest BCUT2D eigenvalue weighted by atomic mass is 32.2. The number of carbonyl (C=O) groups is 2. The lowest BCUT2D eigenvalue weighted by atomic mass is 10.1. The summed E-state index contributed by atoms with van der Waals surface area (Å²) in [5.41, 5.74) is 1.60. The van der Waals surface area contributed by atoms with Gasteiger partial charge < -0.3 is 14.9 Å². The highest BCUT2D eigenvalue weighted by molar-refractivity contribution is 8.26. The van der Waals surface area contributed by atoms with Crippen LogP contribution in [-0.4, -0.2) is 44.0 Å². The van der Waals surface area contributed by atoms with Gasteiger partial charge >= 0.3 is 5.97 Å². The Kier molecular flexibility index (Phi) is 6.56. The van der Waals surface area contributed by atoms with Crippen LogP contribution in [0.5, 0.6) is 11.5 Å². The predicted octanol–water partition coefficient (Wildman–Crippen LogP) is 3.69. The van der Waals surface area contributed by atoms with Gasteiger partial charge in [-0.25, -0.2) is 4.79 Å². The number of carboxylic acids is 1. The Morgan fingerprint density at radius 3 is 2.62 bits per heavy atom. The lowest BCUT2D eigenvalue weighted by molar-refractivity contribution is -0.144. The number of phenols is 1. The van der Waals surface area contributed by atoms with E-state index in [0.717, 1.165) is 5.56 Å². The molecule has 2 N–H and O–H groups in total. The van der Waals surface area contributed by atoms with Crippen molar-refractivity contribution in [2.45, 2.75) is 19.4 Å². The Labute approximate surface area is 177 Å². The van der Waals surface area contributed by atoms with Gasteiger partial charge in [-0.1, -0.05) is 54.3 Å². The number of aromatic hydroxyl groups is 1. The van der Waals surface area contributed by atoms with Gasteiger partial charge in [-0.2, -0.15) is 0 Å². The summed E-state index contributed by atoms with van der Waals surface area (Å²) < 4.78 is 5.96. The molecule has 1 heterocycles. The molecule has 1 fully saturated rings. The van der Waals surface area contributed by atoms with Crippen LogP contribution in [-0.2, 0) is 16.0 Å². The summed E-state index contributed by atoms with van der Waals surface area (Å²) >= 11 is 6.57. The smallest absolute Gasteiger partial charge is 0.344 e. The van der Waals surface area contributed by atoms with Gasteiger partial charge in [0.05, 0.1) is 4.91 Å². The number of thioether (sulfide) groups is 1. The molecule has 3 rings (SSSR count). The van der Waals surface area contributed by atoms with Crippen molar-refractivity contribution in [3.63, 3.8) is 0 Å². The van der Waals surface area contributed by atoms with E-state index in [9.17, 15) is 14.7 Å². The van der Waals surface area contributed by atoms with Gasteiger partial charge in [-0.3, -0.25) is 9.69 Å². The third kappa shape index (κ3) is 5.16. The first-order valence-electron chi connectivity index (χ1n) is 8.87. The highest BCUT2D eigenvalue weighted by Gasteiger charge is 2.32. The van der Waals surface area contributed by atoms with Gasteiger partial charge in [0, 0.05) is 12.1 Å². The maximum absolute atomic E-state index is 12.8. The fourth-order valence-electron chi connectivity index (χ4n) is 2.69. The zero-order chi connectivity index (χ0) is 21.0. The Morgan fingerprint density at radius 2 is 1.93 bits per heavy atom. The van der Waals surface area contributed by atoms with E-state index in [0.29, 0.717) is 33.5 Å². The van der Waals surface area contributed by atoms with Crippen LogP contribution in [0.25, 0.3) is 6.08 Å². The standard InChI is InChI=1S/C21H19NO5S2/c1-13(20(25)26)27-17-5-3-2-4-15(17)12-18-19(24)22(21(28)29-18)11-10-14-6-8-16(23)9-7-14/h2-9,12-13,23H,10-11H2,1H3,(H,25,26)/b18-12+. The highest BCUT2D eigenvalue weighted by Crippen LogP contribution is 2.34. The molecule has 1 saturated heterocycles. The summed E-state index contributed by atoms with van der Waals surface area (Å²) in [5, 5.41) is 18.4. The minimum atomic E-state index is -1.07. The van der Waals surface area contributed by atoms with Crippen molar-refractivity contribution >= 4 is 46.3 Å². The van der Waals surface area contributed by atoms with E-state index in [1.54, 1.807) is 59.5 Å². The maximum Gasteiger partial charge on any atom is 0.344 e. The summed E-state index contributed by atoms with van der Waals surface area (Å²) in [7, 11) is 0. The Balaban J connectivity index is 1.74. The number of hydrogen-bond donors (Lipinski definition) is 2. The third-order valence-electron chi connectivity index (χ3n) is 4.29. The SMILES string of the molecule is CC(Oc1ccccc1/C=C1/SC(=S)N(CCc2ccc(O)cc2)C1=O)C(=O)O. The lowest BCUT2D eigenvalue weighted by Gasteiger charge is -2.14. The molecule has 0 aromatic heterocycles. The quantitative estimate of drug-likeness (QED) is 0.513. The van der Waals surface area contributed by atoms with E-state index in [1.807, 2.05) is 0 Å². The number of rotatable bonds is 7. The van der Waals surface area contributed by atoms with Gasteiger partial charge in [-0.05, 0) is 43.2 Å². The Bertz CT molecular complexity index is 971. The molecular weight excluding hydrogens is 410 g/mol. The molecule has 29 heavy (non-hydrogen) atoms. The van der Waals surface area contributed by atoms with E-state index >= 15 is 0 Å². The summed E-state index contributed by atoms with van der Waals surface area (Å²) in [6, 6.07) is 13.8. The van der Waals surface area contributed by atoms with Gasteiger partial charge in [0.25, 0.3) is 5.91 Å². The third-order valence-corrected chi connectivity index (χ3v) is 5.67. The van der Waals surface area contributed by atoms with Gasteiger partial charge in [0.15, 0.2) is 6.10 Å². The number of thiocarbonyl (C=S) groups is 1. The molecule has 8 heteroatoms. The summed E-state index contributed by atoms with van der Waals surface area (Å²) in [6.45, 7) is 1.88. The number of aliphatic carboxylic acids is 1. The molecule has 1 aliphatic rings. The average molecular weight is 430 g/mol. The molecule has 2 aromatic rings. The maximum atomic E-state index is 12.8.